The van der Waals surface area contributed by atoms with Crippen molar-refractivity contribution in [2.75, 3.05) is 19.8 Å². The van der Waals surface area contributed by atoms with Gasteiger partial charge in [0.2, 0.25) is 0 Å². The van der Waals surface area contributed by atoms with Gasteiger partial charge in [0.15, 0.2) is 6.61 Å². The Morgan fingerprint density at radius 3 is 2.61 bits per heavy atom. The van der Waals surface area contributed by atoms with Crippen molar-refractivity contribution in [2.24, 2.45) is 5.10 Å². The van der Waals surface area contributed by atoms with E-state index in [0.717, 1.165) is 0 Å². The number of nitrogens with zero attached hydrogens (tertiary/aromatic N) is 1. The number of esters is 1. The lowest BCUT2D eigenvalue weighted by atomic mass is 10.1. The number of hydrazone groups is 1. The third-order valence-corrected chi connectivity index (χ3v) is 4.23. The van der Waals surface area contributed by atoms with Gasteiger partial charge in [0.05, 0.1) is 24.9 Å². The predicted molar refractivity (Wildman–Crippen MR) is 121 cm³/mol. The summed E-state index contributed by atoms with van der Waals surface area (Å²) in [6, 6.07) is 19.1. The standard InChI is InChI=1S/C24H23N3O6/c1-2-31-24(30)18-8-6-7-17(13-18)21-12-11-20(33-21)14-26-27-22(28)15-25-23(29)16-32-19-9-4-3-5-10-19/h3-14H,2,15-16H2,1H3,(H,25,29)(H,27,28)/b26-14-. The fourth-order valence-corrected chi connectivity index (χ4v) is 2.69. The van der Waals surface area contributed by atoms with Gasteiger partial charge < -0.3 is 19.2 Å². The van der Waals surface area contributed by atoms with Crippen LogP contribution in [0.4, 0.5) is 0 Å². The number of ether oxygens (including phenoxy) is 2. The molecule has 1 aromatic heterocycles. The number of amides is 2. The minimum atomic E-state index is -0.506. The number of hydrogen-bond acceptors (Lipinski definition) is 7. The molecule has 0 radical (unpaired) electrons. The van der Waals surface area contributed by atoms with Crippen LogP contribution in [-0.2, 0) is 14.3 Å². The molecular formula is C24H23N3O6. The van der Waals surface area contributed by atoms with E-state index in [4.69, 9.17) is 13.9 Å². The molecule has 0 saturated heterocycles. The van der Waals surface area contributed by atoms with Gasteiger partial charge in [-0.3, -0.25) is 9.59 Å². The zero-order chi connectivity index (χ0) is 23.5. The van der Waals surface area contributed by atoms with Gasteiger partial charge in [0.1, 0.15) is 17.3 Å². The maximum absolute atomic E-state index is 11.9. The highest BCUT2D eigenvalue weighted by atomic mass is 16.5. The Hall–Kier alpha value is -4.40. The van der Waals surface area contributed by atoms with Crippen LogP contribution in [0.15, 0.2) is 76.2 Å². The molecule has 3 rings (SSSR count). The van der Waals surface area contributed by atoms with Crippen LogP contribution in [0, 0.1) is 0 Å². The highest BCUT2D eigenvalue weighted by Crippen LogP contribution is 2.23. The summed E-state index contributed by atoms with van der Waals surface area (Å²) in [6.07, 6.45) is 1.33. The van der Waals surface area contributed by atoms with Gasteiger partial charge in [-0.15, -0.1) is 0 Å². The smallest absolute Gasteiger partial charge is 0.338 e. The van der Waals surface area contributed by atoms with Crippen LogP contribution in [0.5, 0.6) is 5.75 Å². The van der Waals surface area contributed by atoms with E-state index < -0.39 is 17.8 Å². The molecule has 2 aromatic carbocycles. The maximum atomic E-state index is 11.9. The van der Waals surface area contributed by atoms with Gasteiger partial charge in [0.25, 0.3) is 11.8 Å². The SMILES string of the molecule is CCOC(=O)c1cccc(-c2ccc(/C=N\NC(=O)CNC(=O)COc3ccccc3)o2)c1. The quantitative estimate of drug-likeness (QED) is 0.279. The number of carbonyl (C=O) groups excluding carboxylic acids is 3. The van der Waals surface area contributed by atoms with Crippen molar-refractivity contribution in [2.45, 2.75) is 6.92 Å². The summed E-state index contributed by atoms with van der Waals surface area (Å²) in [6.45, 7) is 1.58. The Bertz CT molecular complexity index is 1120. The van der Waals surface area contributed by atoms with Crippen LogP contribution in [0.3, 0.4) is 0 Å². The van der Waals surface area contributed by atoms with E-state index in [2.05, 4.69) is 15.8 Å². The van der Waals surface area contributed by atoms with Crippen molar-refractivity contribution in [1.29, 1.82) is 0 Å². The second-order valence-corrected chi connectivity index (χ2v) is 6.67. The van der Waals surface area contributed by atoms with Gasteiger partial charge >= 0.3 is 5.97 Å². The largest absolute Gasteiger partial charge is 0.484 e. The van der Waals surface area contributed by atoms with Gasteiger partial charge in [-0.1, -0.05) is 30.3 Å². The molecule has 33 heavy (non-hydrogen) atoms. The lowest BCUT2D eigenvalue weighted by Crippen LogP contribution is -2.37. The van der Waals surface area contributed by atoms with Crippen molar-refractivity contribution in [1.82, 2.24) is 10.7 Å². The molecular weight excluding hydrogens is 426 g/mol. The van der Waals surface area contributed by atoms with Crippen LogP contribution in [-0.4, -0.2) is 43.8 Å². The van der Waals surface area contributed by atoms with E-state index in [9.17, 15) is 14.4 Å². The van der Waals surface area contributed by atoms with E-state index >= 15 is 0 Å². The Kier molecular flexibility index (Phi) is 8.35. The fraction of sp³-hybridized carbons (Fsp3) is 0.167. The molecule has 3 aromatic rings. The number of carbonyl (C=O) groups is 3. The molecule has 0 fully saturated rings. The second-order valence-electron chi connectivity index (χ2n) is 6.67. The molecule has 0 aliphatic rings. The van der Waals surface area contributed by atoms with Crippen molar-refractivity contribution < 1.29 is 28.3 Å². The van der Waals surface area contributed by atoms with Crippen LogP contribution >= 0.6 is 0 Å². The maximum Gasteiger partial charge on any atom is 0.338 e. The average molecular weight is 449 g/mol. The van der Waals surface area contributed by atoms with Gasteiger partial charge in [-0.25, -0.2) is 10.2 Å². The lowest BCUT2D eigenvalue weighted by molar-refractivity contribution is -0.127. The fourth-order valence-electron chi connectivity index (χ4n) is 2.69. The molecule has 0 aliphatic carbocycles. The van der Waals surface area contributed by atoms with Crippen molar-refractivity contribution in [3.63, 3.8) is 0 Å². The molecule has 9 heteroatoms. The summed E-state index contributed by atoms with van der Waals surface area (Å²) in [5.41, 5.74) is 3.42. The molecule has 0 saturated carbocycles. The van der Waals surface area contributed by atoms with Crippen LogP contribution in [0.1, 0.15) is 23.0 Å². The lowest BCUT2D eigenvalue weighted by Gasteiger charge is -2.06. The van der Waals surface area contributed by atoms with Crippen molar-refractivity contribution >= 4 is 24.0 Å². The van der Waals surface area contributed by atoms with E-state index in [1.807, 2.05) is 6.07 Å². The summed E-state index contributed by atoms with van der Waals surface area (Å²) in [7, 11) is 0. The normalized spacial score (nSPS) is 10.6. The molecule has 2 N–H and O–H groups in total. The van der Waals surface area contributed by atoms with Crippen LogP contribution in [0.2, 0.25) is 0 Å². The van der Waals surface area contributed by atoms with Gasteiger partial charge in [-0.2, -0.15) is 5.10 Å². The molecule has 170 valence electrons. The van der Waals surface area contributed by atoms with Crippen molar-refractivity contribution in [3.8, 4) is 17.1 Å². The topological polar surface area (TPSA) is 119 Å². The zero-order valence-electron chi connectivity index (χ0n) is 17.9. The van der Waals surface area contributed by atoms with E-state index in [1.54, 1.807) is 67.6 Å². The monoisotopic (exact) mass is 449 g/mol. The molecule has 9 nitrogen and oxygen atoms in total. The molecule has 0 atom stereocenters. The average Bonchev–Trinajstić information content (AvgIpc) is 3.31. The summed E-state index contributed by atoms with van der Waals surface area (Å²) in [5.74, 6) is 0.139. The molecule has 0 bridgehead atoms. The highest BCUT2D eigenvalue weighted by Gasteiger charge is 2.10. The summed E-state index contributed by atoms with van der Waals surface area (Å²) >= 11 is 0. The van der Waals surface area contributed by atoms with Crippen molar-refractivity contribution in [3.05, 3.63) is 78.1 Å². The third kappa shape index (κ3) is 7.35. The molecule has 2 amide bonds. The first-order chi connectivity index (χ1) is 16.0. The molecule has 0 spiro atoms. The minimum absolute atomic E-state index is 0.201. The summed E-state index contributed by atoms with van der Waals surface area (Å²) in [4.78, 5) is 35.5. The van der Waals surface area contributed by atoms with E-state index in [-0.39, 0.29) is 13.2 Å². The number of rotatable bonds is 10. The predicted octanol–water partition coefficient (Wildman–Crippen LogP) is 2.77. The minimum Gasteiger partial charge on any atom is -0.484 e. The Morgan fingerprint density at radius 2 is 1.82 bits per heavy atom. The molecule has 0 aliphatic heterocycles. The van der Waals surface area contributed by atoms with E-state index in [1.165, 1.54) is 6.21 Å². The third-order valence-electron chi connectivity index (χ3n) is 4.23. The molecule has 0 unspecified atom stereocenters. The number of nitrogens with one attached hydrogen (secondary N) is 2. The first-order valence-corrected chi connectivity index (χ1v) is 10.2. The summed E-state index contributed by atoms with van der Waals surface area (Å²) in [5, 5.41) is 6.25. The van der Waals surface area contributed by atoms with Gasteiger partial charge in [0, 0.05) is 5.56 Å². The number of hydrogen-bond donors (Lipinski definition) is 2. The Labute approximate surface area is 190 Å². The van der Waals surface area contributed by atoms with E-state index in [0.29, 0.717) is 35.0 Å². The molecule has 1 heterocycles. The number of furan rings is 1. The highest BCUT2D eigenvalue weighted by molar-refractivity contribution is 5.91. The Balaban J connectivity index is 1.44. The first kappa shape index (κ1) is 23.3. The Morgan fingerprint density at radius 1 is 1.00 bits per heavy atom. The second kappa shape index (κ2) is 11.8. The van der Waals surface area contributed by atoms with Crippen LogP contribution in [0.25, 0.3) is 11.3 Å². The van der Waals surface area contributed by atoms with Gasteiger partial charge in [-0.05, 0) is 43.3 Å². The number of benzene rings is 2. The number of para-hydroxylation sites is 1. The zero-order valence-corrected chi connectivity index (χ0v) is 17.9. The van der Waals surface area contributed by atoms with Crippen LogP contribution < -0.4 is 15.5 Å². The first-order valence-electron chi connectivity index (χ1n) is 10.2. The summed E-state index contributed by atoms with van der Waals surface area (Å²) < 4.78 is 16.0.